The standard InChI is InChI=1S/C32H31OP/c33-34(26-15-3-1-4-16-26,27-17-5-2-6-18-27)31-23-22-25-13-8-10-20-29(25)32(31)30-21-11-14-24-12-7-9-19-28(24)30/h1-6,11,14-18,21-23H,7-10,12-13,19-20H2. The van der Waals surface area contributed by atoms with E-state index in [1.54, 1.807) is 0 Å². The first-order valence-electron chi connectivity index (χ1n) is 12.7. The minimum absolute atomic E-state index is 0.919. The smallest absolute Gasteiger partial charge is 0.171 e. The van der Waals surface area contributed by atoms with Gasteiger partial charge in [-0.3, -0.25) is 0 Å². The zero-order valence-corrected chi connectivity index (χ0v) is 20.6. The summed E-state index contributed by atoms with van der Waals surface area (Å²) < 4.78 is 15.5. The third-order valence-electron chi connectivity index (χ3n) is 7.75. The third kappa shape index (κ3) is 3.58. The van der Waals surface area contributed by atoms with E-state index in [-0.39, 0.29) is 0 Å². The molecule has 0 aliphatic heterocycles. The quantitative estimate of drug-likeness (QED) is 0.307. The van der Waals surface area contributed by atoms with E-state index >= 15 is 4.57 Å². The zero-order valence-electron chi connectivity index (χ0n) is 19.7. The van der Waals surface area contributed by atoms with Gasteiger partial charge in [0.2, 0.25) is 0 Å². The molecule has 0 atom stereocenters. The Balaban J connectivity index is 1.70. The summed E-state index contributed by atoms with van der Waals surface area (Å²) in [6.45, 7) is 0. The van der Waals surface area contributed by atoms with Crippen LogP contribution < -0.4 is 15.9 Å². The Labute approximate surface area is 203 Å². The van der Waals surface area contributed by atoms with Gasteiger partial charge in [-0.05, 0) is 90.8 Å². The SMILES string of the molecule is O=P(c1ccccc1)(c1ccccc1)c1ccc2c(c1-c1cccc3c1CCCC3)CCCC2. The second-order valence-corrected chi connectivity index (χ2v) is 12.5. The zero-order chi connectivity index (χ0) is 23.0. The van der Waals surface area contributed by atoms with Crippen LogP contribution in [0.3, 0.4) is 0 Å². The summed E-state index contributed by atoms with van der Waals surface area (Å²) in [5.74, 6) is 0. The van der Waals surface area contributed by atoms with Crippen LogP contribution in [0.4, 0.5) is 0 Å². The summed E-state index contributed by atoms with van der Waals surface area (Å²) in [5.41, 5.74) is 8.46. The summed E-state index contributed by atoms with van der Waals surface area (Å²) in [4.78, 5) is 0. The maximum atomic E-state index is 15.5. The van der Waals surface area contributed by atoms with Gasteiger partial charge in [-0.25, -0.2) is 0 Å². The fraction of sp³-hybridized carbons (Fsp3) is 0.250. The summed E-state index contributed by atoms with van der Waals surface area (Å²) in [6, 6.07) is 31.6. The van der Waals surface area contributed by atoms with E-state index in [1.807, 2.05) is 36.4 Å². The lowest BCUT2D eigenvalue weighted by Crippen LogP contribution is -2.28. The Morgan fingerprint density at radius 3 is 1.71 bits per heavy atom. The molecule has 0 saturated carbocycles. The average molecular weight is 463 g/mol. The molecule has 0 N–H and O–H groups in total. The highest BCUT2D eigenvalue weighted by Crippen LogP contribution is 2.48. The highest BCUT2D eigenvalue weighted by atomic mass is 31.2. The second kappa shape index (κ2) is 9.05. The first kappa shape index (κ1) is 21.6. The van der Waals surface area contributed by atoms with Crippen molar-refractivity contribution in [3.8, 4) is 11.1 Å². The molecular weight excluding hydrogens is 431 g/mol. The van der Waals surface area contributed by atoms with Gasteiger partial charge in [-0.15, -0.1) is 0 Å². The third-order valence-corrected chi connectivity index (χ3v) is 10.9. The van der Waals surface area contributed by atoms with Gasteiger partial charge in [0, 0.05) is 15.9 Å². The van der Waals surface area contributed by atoms with Crippen LogP contribution >= 0.6 is 7.14 Å². The van der Waals surface area contributed by atoms with Crippen molar-refractivity contribution in [2.75, 3.05) is 0 Å². The first-order chi connectivity index (χ1) is 16.8. The van der Waals surface area contributed by atoms with Crippen LogP contribution in [0.5, 0.6) is 0 Å². The van der Waals surface area contributed by atoms with Gasteiger partial charge in [0.1, 0.15) is 0 Å². The Kier molecular flexibility index (Phi) is 5.75. The van der Waals surface area contributed by atoms with E-state index in [0.29, 0.717) is 0 Å². The van der Waals surface area contributed by atoms with E-state index in [9.17, 15) is 0 Å². The molecule has 34 heavy (non-hydrogen) atoms. The number of fused-ring (bicyclic) bond motifs is 2. The summed E-state index contributed by atoms with van der Waals surface area (Å²) in [7, 11) is -3.06. The molecule has 0 unspecified atom stereocenters. The largest absolute Gasteiger partial charge is 0.309 e. The lowest BCUT2D eigenvalue weighted by atomic mass is 9.81. The van der Waals surface area contributed by atoms with Gasteiger partial charge < -0.3 is 4.57 Å². The Morgan fingerprint density at radius 1 is 0.500 bits per heavy atom. The van der Waals surface area contributed by atoms with E-state index in [2.05, 4.69) is 54.6 Å². The van der Waals surface area contributed by atoms with Gasteiger partial charge in [0.25, 0.3) is 0 Å². The molecule has 6 rings (SSSR count). The van der Waals surface area contributed by atoms with Crippen molar-refractivity contribution in [2.45, 2.75) is 51.4 Å². The lowest BCUT2D eigenvalue weighted by molar-refractivity contribution is 0.592. The van der Waals surface area contributed by atoms with E-state index in [0.717, 1.165) is 41.6 Å². The van der Waals surface area contributed by atoms with Gasteiger partial charge >= 0.3 is 0 Å². The Bertz CT molecular complexity index is 1330. The first-order valence-corrected chi connectivity index (χ1v) is 14.5. The molecule has 0 heterocycles. The minimum Gasteiger partial charge on any atom is -0.309 e. The highest BCUT2D eigenvalue weighted by molar-refractivity contribution is 7.85. The van der Waals surface area contributed by atoms with Gasteiger partial charge in [0.05, 0.1) is 0 Å². The molecule has 4 aromatic carbocycles. The van der Waals surface area contributed by atoms with Crippen molar-refractivity contribution in [3.63, 3.8) is 0 Å². The van der Waals surface area contributed by atoms with Crippen LogP contribution in [0.1, 0.15) is 47.9 Å². The maximum Gasteiger partial charge on any atom is 0.171 e. The monoisotopic (exact) mass is 462 g/mol. The number of aryl methyl sites for hydroxylation is 2. The highest BCUT2D eigenvalue weighted by Gasteiger charge is 2.35. The van der Waals surface area contributed by atoms with Crippen LogP contribution in [0.15, 0.2) is 91.0 Å². The topological polar surface area (TPSA) is 17.1 Å². The molecule has 170 valence electrons. The molecule has 2 heteroatoms. The molecule has 1 nitrogen and oxygen atoms in total. The molecule has 2 aliphatic rings. The Hall–Kier alpha value is -2.89. The van der Waals surface area contributed by atoms with E-state index in [1.165, 1.54) is 59.1 Å². The van der Waals surface area contributed by atoms with Crippen LogP contribution in [0.2, 0.25) is 0 Å². The second-order valence-electron chi connectivity index (χ2n) is 9.74. The predicted octanol–water partition coefficient (Wildman–Crippen LogP) is 6.75. The Morgan fingerprint density at radius 2 is 1.06 bits per heavy atom. The van der Waals surface area contributed by atoms with Crippen molar-refractivity contribution in [1.82, 2.24) is 0 Å². The molecule has 0 spiro atoms. The number of rotatable bonds is 4. The van der Waals surface area contributed by atoms with Crippen molar-refractivity contribution in [3.05, 3.63) is 113 Å². The molecule has 4 aromatic rings. The molecule has 0 radical (unpaired) electrons. The molecule has 2 aliphatic carbocycles. The van der Waals surface area contributed by atoms with Crippen molar-refractivity contribution in [1.29, 1.82) is 0 Å². The summed E-state index contributed by atoms with van der Waals surface area (Å²) in [6.07, 6.45) is 9.43. The molecule has 0 amide bonds. The van der Waals surface area contributed by atoms with Crippen LogP contribution in [0.25, 0.3) is 11.1 Å². The molecule has 0 fully saturated rings. The molecular formula is C32H31OP. The minimum atomic E-state index is -3.06. The average Bonchev–Trinajstić information content (AvgIpc) is 2.92. The van der Waals surface area contributed by atoms with E-state index < -0.39 is 7.14 Å². The van der Waals surface area contributed by atoms with Crippen LogP contribution in [0, 0.1) is 0 Å². The van der Waals surface area contributed by atoms with Crippen molar-refractivity contribution >= 4 is 23.1 Å². The molecule has 0 saturated heterocycles. The van der Waals surface area contributed by atoms with Crippen LogP contribution in [-0.2, 0) is 30.2 Å². The van der Waals surface area contributed by atoms with Gasteiger partial charge in [-0.2, -0.15) is 0 Å². The maximum absolute atomic E-state index is 15.5. The van der Waals surface area contributed by atoms with Crippen molar-refractivity contribution in [2.24, 2.45) is 0 Å². The molecule has 0 aromatic heterocycles. The van der Waals surface area contributed by atoms with Gasteiger partial charge in [-0.1, -0.05) is 84.9 Å². The fourth-order valence-corrected chi connectivity index (χ4v) is 8.99. The lowest BCUT2D eigenvalue weighted by Gasteiger charge is -2.30. The summed E-state index contributed by atoms with van der Waals surface area (Å²) in [5, 5.41) is 2.86. The summed E-state index contributed by atoms with van der Waals surface area (Å²) >= 11 is 0. The normalized spacial score (nSPS) is 15.4. The van der Waals surface area contributed by atoms with E-state index in [4.69, 9.17) is 0 Å². The van der Waals surface area contributed by atoms with Gasteiger partial charge in [0.15, 0.2) is 7.14 Å². The number of benzene rings is 4. The van der Waals surface area contributed by atoms with Crippen LogP contribution in [-0.4, -0.2) is 0 Å². The molecule has 0 bridgehead atoms. The van der Waals surface area contributed by atoms with Crippen molar-refractivity contribution < 1.29 is 4.57 Å². The predicted molar refractivity (Wildman–Crippen MR) is 145 cm³/mol. The number of hydrogen-bond acceptors (Lipinski definition) is 1. The number of hydrogen-bond donors (Lipinski definition) is 0. The fourth-order valence-electron chi connectivity index (χ4n) is 6.10.